The number of amides is 1. The first-order valence-electron chi connectivity index (χ1n) is 6.45. The molecule has 0 saturated carbocycles. The minimum absolute atomic E-state index is 0.0107. The average molecular weight is 329 g/mol. The van der Waals surface area contributed by atoms with E-state index in [9.17, 15) is 4.79 Å². The molecule has 1 aromatic rings. The third-order valence-electron chi connectivity index (χ3n) is 2.97. The summed E-state index contributed by atoms with van der Waals surface area (Å²) in [5.74, 6) is 0.457. The minimum atomic E-state index is -0.115. The van der Waals surface area contributed by atoms with Gasteiger partial charge >= 0.3 is 0 Å². The lowest BCUT2D eigenvalue weighted by Gasteiger charge is -2.16. The topological polar surface area (TPSA) is 64.3 Å². The number of ether oxygens (including phenoxy) is 1. The van der Waals surface area contributed by atoms with E-state index in [2.05, 4.69) is 21.2 Å². The van der Waals surface area contributed by atoms with Gasteiger partial charge in [0.15, 0.2) is 6.61 Å². The van der Waals surface area contributed by atoms with Crippen molar-refractivity contribution in [3.63, 3.8) is 0 Å². The Hall–Kier alpha value is -1.23. The molecule has 4 nitrogen and oxygen atoms in total. The van der Waals surface area contributed by atoms with E-state index in [1.54, 1.807) is 6.07 Å². The van der Waals surface area contributed by atoms with Crippen molar-refractivity contribution in [2.45, 2.75) is 39.7 Å². The summed E-state index contributed by atoms with van der Waals surface area (Å²) in [5.41, 5.74) is 7.31. The van der Waals surface area contributed by atoms with Crippen molar-refractivity contribution < 1.29 is 9.53 Å². The molecule has 0 fully saturated rings. The van der Waals surface area contributed by atoms with Crippen molar-refractivity contribution in [3.8, 4) is 5.75 Å². The van der Waals surface area contributed by atoms with Crippen LogP contribution in [0.5, 0.6) is 5.75 Å². The van der Waals surface area contributed by atoms with Crippen LogP contribution in [0.15, 0.2) is 16.6 Å². The van der Waals surface area contributed by atoms with Gasteiger partial charge in [0.1, 0.15) is 5.75 Å². The Morgan fingerprint density at radius 2 is 2.05 bits per heavy atom. The molecule has 106 valence electrons. The second-order valence-corrected chi connectivity index (χ2v) is 5.43. The SMILES string of the molecule is CCC(CC)NC(=O)COc1c(C)cc(Br)cc1N. The van der Waals surface area contributed by atoms with Crippen molar-refractivity contribution in [2.24, 2.45) is 0 Å². The standard InChI is InChI=1S/C14H21BrN2O2/c1-4-11(5-2)17-13(18)8-19-14-9(3)6-10(15)7-12(14)16/h6-7,11H,4-5,8,16H2,1-3H3,(H,17,18). The van der Waals surface area contributed by atoms with E-state index < -0.39 is 0 Å². The fourth-order valence-corrected chi connectivity index (χ4v) is 2.44. The molecule has 0 saturated heterocycles. The zero-order valence-electron chi connectivity index (χ0n) is 11.6. The summed E-state index contributed by atoms with van der Waals surface area (Å²) in [4.78, 5) is 11.7. The monoisotopic (exact) mass is 328 g/mol. The van der Waals surface area contributed by atoms with E-state index in [0.29, 0.717) is 11.4 Å². The number of nitrogen functional groups attached to an aromatic ring is 1. The van der Waals surface area contributed by atoms with E-state index in [1.165, 1.54) is 0 Å². The third kappa shape index (κ3) is 4.74. The first kappa shape index (κ1) is 15.8. The number of rotatable bonds is 6. The Balaban J connectivity index is 2.60. The predicted octanol–water partition coefficient (Wildman–Crippen LogP) is 3.02. The van der Waals surface area contributed by atoms with Gasteiger partial charge in [-0.15, -0.1) is 0 Å². The number of aryl methyl sites for hydroxylation is 1. The van der Waals surface area contributed by atoms with Crippen molar-refractivity contribution in [1.29, 1.82) is 0 Å². The number of carbonyl (C=O) groups excluding carboxylic acids is 1. The molecule has 1 amide bonds. The van der Waals surface area contributed by atoms with Gasteiger partial charge in [0, 0.05) is 10.5 Å². The molecule has 0 aliphatic carbocycles. The highest BCUT2D eigenvalue weighted by atomic mass is 79.9. The van der Waals surface area contributed by atoms with E-state index in [1.807, 2.05) is 26.8 Å². The molecule has 0 bridgehead atoms. The maximum absolute atomic E-state index is 11.7. The maximum atomic E-state index is 11.7. The number of halogens is 1. The van der Waals surface area contributed by atoms with Crippen LogP contribution in [-0.4, -0.2) is 18.6 Å². The van der Waals surface area contributed by atoms with Gasteiger partial charge in [-0.1, -0.05) is 29.8 Å². The fraction of sp³-hybridized carbons (Fsp3) is 0.500. The molecular formula is C14H21BrN2O2. The minimum Gasteiger partial charge on any atom is -0.481 e. The molecule has 19 heavy (non-hydrogen) atoms. The summed E-state index contributed by atoms with van der Waals surface area (Å²) in [5, 5.41) is 2.92. The number of hydrogen-bond acceptors (Lipinski definition) is 3. The van der Waals surface area contributed by atoms with Crippen LogP contribution >= 0.6 is 15.9 Å². The van der Waals surface area contributed by atoms with E-state index in [-0.39, 0.29) is 18.6 Å². The first-order valence-corrected chi connectivity index (χ1v) is 7.25. The Labute approximate surface area is 122 Å². The molecule has 1 rings (SSSR count). The zero-order chi connectivity index (χ0) is 14.4. The molecule has 0 radical (unpaired) electrons. The van der Waals surface area contributed by atoms with Gasteiger partial charge in [0.2, 0.25) is 0 Å². The molecule has 3 N–H and O–H groups in total. The quantitative estimate of drug-likeness (QED) is 0.789. The molecule has 0 heterocycles. The molecular weight excluding hydrogens is 308 g/mol. The second kappa shape index (κ2) is 7.38. The zero-order valence-corrected chi connectivity index (χ0v) is 13.2. The van der Waals surface area contributed by atoms with Crippen molar-refractivity contribution in [1.82, 2.24) is 5.32 Å². The van der Waals surface area contributed by atoms with Crippen LogP contribution in [0.4, 0.5) is 5.69 Å². The highest BCUT2D eigenvalue weighted by Gasteiger charge is 2.11. The lowest BCUT2D eigenvalue weighted by molar-refractivity contribution is -0.123. The van der Waals surface area contributed by atoms with Crippen molar-refractivity contribution in [3.05, 3.63) is 22.2 Å². The fourth-order valence-electron chi connectivity index (χ4n) is 1.85. The molecule has 5 heteroatoms. The van der Waals surface area contributed by atoms with Gasteiger partial charge in [0.05, 0.1) is 5.69 Å². The molecule has 0 atom stereocenters. The Morgan fingerprint density at radius 1 is 1.42 bits per heavy atom. The van der Waals surface area contributed by atoms with Crippen LogP contribution in [0.2, 0.25) is 0 Å². The summed E-state index contributed by atoms with van der Waals surface area (Å²) in [6, 6.07) is 3.88. The van der Waals surface area contributed by atoms with Crippen molar-refractivity contribution in [2.75, 3.05) is 12.3 Å². The van der Waals surface area contributed by atoms with Crippen LogP contribution < -0.4 is 15.8 Å². The lowest BCUT2D eigenvalue weighted by Crippen LogP contribution is -2.37. The molecule has 0 spiro atoms. The molecule has 0 aromatic heterocycles. The normalized spacial score (nSPS) is 10.6. The number of hydrogen-bond donors (Lipinski definition) is 2. The lowest BCUT2D eigenvalue weighted by atomic mass is 10.2. The summed E-state index contributed by atoms with van der Waals surface area (Å²) >= 11 is 3.36. The Kier molecular flexibility index (Phi) is 6.15. The number of nitrogens with two attached hydrogens (primary N) is 1. The summed E-state index contributed by atoms with van der Waals surface area (Å²) in [6.45, 7) is 5.98. The van der Waals surface area contributed by atoms with Crippen LogP contribution in [0.25, 0.3) is 0 Å². The highest BCUT2D eigenvalue weighted by molar-refractivity contribution is 9.10. The number of benzene rings is 1. The summed E-state index contributed by atoms with van der Waals surface area (Å²) < 4.78 is 6.42. The molecule has 0 aliphatic heterocycles. The Bertz CT molecular complexity index is 422. The average Bonchev–Trinajstić information content (AvgIpc) is 2.34. The van der Waals surface area contributed by atoms with Crippen LogP contribution in [0.1, 0.15) is 32.3 Å². The molecule has 0 unspecified atom stereocenters. The third-order valence-corrected chi connectivity index (χ3v) is 3.42. The van der Waals surface area contributed by atoms with Gasteiger partial charge in [-0.3, -0.25) is 4.79 Å². The highest BCUT2D eigenvalue weighted by Crippen LogP contribution is 2.29. The van der Waals surface area contributed by atoms with E-state index >= 15 is 0 Å². The molecule has 1 aromatic carbocycles. The van der Waals surface area contributed by atoms with Crippen LogP contribution in [0, 0.1) is 6.92 Å². The van der Waals surface area contributed by atoms with Gasteiger partial charge in [-0.05, 0) is 37.5 Å². The first-order chi connectivity index (χ1) is 8.97. The second-order valence-electron chi connectivity index (χ2n) is 4.51. The van der Waals surface area contributed by atoms with Gasteiger partial charge in [-0.25, -0.2) is 0 Å². The Morgan fingerprint density at radius 3 is 2.58 bits per heavy atom. The van der Waals surface area contributed by atoms with Gasteiger partial charge < -0.3 is 15.8 Å². The van der Waals surface area contributed by atoms with Crippen LogP contribution in [-0.2, 0) is 4.79 Å². The number of anilines is 1. The number of nitrogens with one attached hydrogen (secondary N) is 1. The van der Waals surface area contributed by atoms with E-state index in [4.69, 9.17) is 10.5 Å². The predicted molar refractivity (Wildman–Crippen MR) is 81.3 cm³/mol. The van der Waals surface area contributed by atoms with Crippen LogP contribution in [0.3, 0.4) is 0 Å². The summed E-state index contributed by atoms with van der Waals surface area (Å²) in [7, 11) is 0. The van der Waals surface area contributed by atoms with E-state index in [0.717, 1.165) is 22.9 Å². The maximum Gasteiger partial charge on any atom is 0.258 e. The smallest absolute Gasteiger partial charge is 0.258 e. The molecule has 0 aliphatic rings. The summed E-state index contributed by atoms with van der Waals surface area (Å²) in [6.07, 6.45) is 1.84. The van der Waals surface area contributed by atoms with Crippen molar-refractivity contribution >= 4 is 27.5 Å². The largest absolute Gasteiger partial charge is 0.481 e. The van der Waals surface area contributed by atoms with Gasteiger partial charge in [-0.2, -0.15) is 0 Å². The number of carbonyl (C=O) groups is 1. The van der Waals surface area contributed by atoms with Gasteiger partial charge in [0.25, 0.3) is 5.91 Å².